The summed E-state index contributed by atoms with van der Waals surface area (Å²) in [5.41, 5.74) is 0. The van der Waals surface area contributed by atoms with Crippen molar-refractivity contribution in [1.82, 2.24) is 30.4 Å². The van der Waals surface area contributed by atoms with Crippen LogP contribution >= 0.6 is 0 Å². The predicted molar refractivity (Wildman–Crippen MR) is 95.9 cm³/mol. The van der Waals surface area contributed by atoms with Crippen molar-refractivity contribution in [1.29, 1.82) is 0 Å². The van der Waals surface area contributed by atoms with Crippen molar-refractivity contribution in [2.45, 2.75) is 90.9 Å². The van der Waals surface area contributed by atoms with Crippen LogP contribution in [0, 0.1) is 0 Å². The van der Waals surface area contributed by atoms with Crippen molar-refractivity contribution in [2.24, 2.45) is 0 Å². The van der Waals surface area contributed by atoms with Crippen LogP contribution in [0.4, 0.5) is 0 Å². The number of aromatic amines is 2. The first-order valence-corrected chi connectivity index (χ1v) is 9.62. The number of hydrogen-bond donors (Lipinski definition) is 2. The fourth-order valence-electron chi connectivity index (χ4n) is 2.78. The number of rotatable bonds is 13. The van der Waals surface area contributed by atoms with Crippen LogP contribution in [0.5, 0.6) is 0 Å². The molecule has 6 heteroatoms. The second kappa shape index (κ2) is 10.9. The molecule has 2 heterocycles. The Morgan fingerprint density at radius 2 is 1.04 bits per heavy atom. The largest absolute Gasteiger partial charge is 0.263 e. The molecule has 0 aliphatic carbocycles. The quantitative estimate of drug-likeness (QED) is 0.544. The van der Waals surface area contributed by atoms with E-state index in [9.17, 15) is 0 Å². The Kier molecular flexibility index (Phi) is 8.49. The van der Waals surface area contributed by atoms with E-state index >= 15 is 0 Å². The van der Waals surface area contributed by atoms with Gasteiger partial charge in [0, 0.05) is 25.7 Å². The predicted octanol–water partition coefficient (Wildman–Crippen LogP) is 3.95. The molecule has 0 unspecified atom stereocenters. The summed E-state index contributed by atoms with van der Waals surface area (Å²) in [7, 11) is 0. The van der Waals surface area contributed by atoms with E-state index < -0.39 is 0 Å². The van der Waals surface area contributed by atoms with E-state index in [0.29, 0.717) is 0 Å². The molecule has 0 spiro atoms. The minimum absolute atomic E-state index is 0.790. The van der Waals surface area contributed by atoms with Gasteiger partial charge in [0.15, 0.2) is 11.6 Å². The lowest BCUT2D eigenvalue weighted by molar-refractivity contribution is 0.653. The van der Waals surface area contributed by atoms with Gasteiger partial charge in [-0.25, -0.2) is 9.97 Å². The molecule has 2 aromatic rings. The minimum Gasteiger partial charge on any atom is -0.263 e. The van der Waals surface area contributed by atoms with E-state index in [2.05, 4.69) is 44.2 Å². The summed E-state index contributed by atoms with van der Waals surface area (Å²) < 4.78 is 0. The Morgan fingerprint density at radius 3 is 1.46 bits per heavy atom. The molecule has 0 fully saturated rings. The van der Waals surface area contributed by atoms with Gasteiger partial charge < -0.3 is 0 Å². The molecule has 0 saturated heterocycles. The van der Waals surface area contributed by atoms with Crippen LogP contribution in [0.15, 0.2) is 0 Å². The number of hydrogen-bond acceptors (Lipinski definition) is 4. The molecule has 2 rings (SSSR count). The lowest BCUT2D eigenvalue weighted by Gasteiger charge is -1.96. The molecular formula is C18H32N6. The molecule has 134 valence electrons. The highest BCUT2D eigenvalue weighted by Crippen LogP contribution is 2.07. The normalized spacial score (nSPS) is 11.2. The van der Waals surface area contributed by atoms with Gasteiger partial charge in [-0.3, -0.25) is 10.2 Å². The summed E-state index contributed by atoms with van der Waals surface area (Å²) in [6.07, 6.45) is 13.6. The van der Waals surface area contributed by atoms with Crippen LogP contribution in [-0.2, 0) is 25.7 Å². The van der Waals surface area contributed by atoms with Crippen molar-refractivity contribution >= 4 is 0 Å². The molecule has 0 radical (unpaired) electrons. The Hall–Kier alpha value is -1.72. The van der Waals surface area contributed by atoms with E-state index in [0.717, 1.165) is 49.0 Å². The fourth-order valence-corrected chi connectivity index (χ4v) is 2.78. The lowest BCUT2D eigenvalue weighted by Crippen LogP contribution is -1.96. The molecule has 0 bridgehead atoms. The molecule has 0 aliphatic rings. The third-order valence-electron chi connectivity index (χ3n) is 4.26. The highest BCUT2D eigenvalue weighted by molar-refractivity contribution is 4.96. The molecule has 24 heavy (non-hydrogen) atoms. The minimum atomic E-state index is 0.790. The Labute approximate surface area is 145 Å². The summed E-state index contributed by atoms with van der Waals surface area (Å²) in [6.45, 7) is 4.46. The zero-order valence-corrected chi connectivity index (χ0v) is 15.3. The molecule has 2 N–H and O–H groups in total. The van der Waals surface area contributed by atoms with Crippen LogP contribution in [0.3, 0.4) is 0 Å². The molecule has 0 aliphatic heterocycles. The zero-order valence-electron chi connectivity index (χ0n) is 15.3. The van der Waals surface area contributed by atoms with Crippen molar-refractivity contribution in [3.63, 3.8) is 0 Å². The standard InChI is InChI=1S/C18H32N6/c1-3-5-7-9-11-15-19-17(23-21-15)13-14-18-20-16(22-24-18)12-10-8-6-4-2/h3-14H2,1-2H3,(H,19,21,23)(H,20,22,24). The van der Waals surface area contributed by atoms with Gasteiger partial charge in [0.2, 0.25) is 0 Å². The van der Waals surface area contributed by atoms with E-state index in [1.807, 2.05) is 0 Å². The van der Waals surface area contributed by atoms with Crippen molar-refractivity contribution < 1.29 is 0 Å². The summed E-state index contributed by atoms with van der Waals surface area (Å²) in [5, 5.41) is 14.7. The van der Waals surface area contributed by atoms with Gasteiger partial charge in [-0.1, -0.05) is 52.4 Å². The average molecular weight is 332 g/mol. The summed E-state index contributed by atoms with van der Waals surface area (Å²) in [6, 6.07) is 0. The second-order valence-corrected chi connectivity index (χ2v) is 6.52. The molecule has 0 amide bonds. The maximum absolute atomic E-state index is 4.57. The fraction of sp³-hybridized carbons (Fsp3) is 0.778. The van der Waals surface area contributed by atoms with Crippen LogP contribution in [0.1, 0.15) is 88.5 Å². The number of unbranched alkanes of at least 4 members (excludes halogenated alkanes) is 6. The Bertz CT molecular complexity index is 509. The van der Waals surface area contributed by atoms with Crippen molar-refractivity contribution in [3.8, 4) is 0 Å². The summed E-state index contributed by atoms with van der Waals surface area (Å²) in [4.78, 5) is 9.13. The van der Waals surface area contributed by atoms with Crippen LogP contribution in [0.2, 0.25) is 0 Å². The first-order valence-electron chi connectivity index (χ1n) is 9.62. The molecule has 0 atom stereocenters. The van der Waals surface area contributed by atoms with Crippen LogP contribution < -0.4 is 0 Å². The molecule has 2 aromatic heterocycles. The van der Waals surface area contributed by atoms with Crippen molar-refractivity contribution in [3.05, 3.63) is 23.3 Å². The smallest absolute Gasteiger partial charge is 0.151 e. The van der Waals surface area contributed by atoms with Gasteiger partial charge in [0.05, 0.1) is 0 Å². The number of nitrogens with one attached hydrogen (secondary N) is 2. The Balaban J connectivity index is 1.68. The maximum Gasteiger partial charge on any atom is 0.151 e. The number of aryl methyl sites for hydroxylation is 4. The van der Waals surface area contributed by atoms with Crippen LogP contribution in [-0.4, -0.2) is 30.4 Å². The van der Waals surface area contributed by atoms with E-state index in [4.69, 9.17) is 0 Å². The number of aromatic nitrogens is 6. The summed E-state index contributed by atoms with van der Waals surface area (Å²) >= 11 is 0. The van der Waals surface area contributed by atoms with Gasteiger partial charge in [-0.05, 0) is 12.8 Å². The van der Waals surface area contributed by atoms with Gasteiger partial charge in [0.25, 0.3) is 0 Å². The highest BCUT2D eigenvalue weighted by atomic mass is 15.2. The average Bonchev–Trinajstić information content (AvgIpc) is 3.23. The number of H-pyrrole nitrogens is 2. The van der Waals surface area contributed by atoms with E-state index in [-0.39, 0.29) is 0 Å². The molecular weight excluding hydrogens is 300 g/mol. The van der Waals surface area contributed by atoms with Crippen molar-refractivity contribution in [2.75, 3.05) is 0 Å². The zero-order chi connectivity index (χ0) is 17.0. The van der Waals surface area contributed by atoms with Gasteiger partial charge in [0.1, 0.15) is 11.6 Å². The van der Waals surface area contributed by atoms with Gasteiger partial charge in [-0.2, -0.15) is 10.2 Å². The summed E-state index contributed by atoms with van der Waals surface area (Å²) in [5.74, 6) is 3.75. The molecule has 0 saturated carbocycles. The number of nitrogens with zero attached hydrogens (tertiary/aromatic N) is 4. The third kappa shape index (κ3) is 6.81. The first-order chi connectivity index (χ1) is 11.8. The Morgan fingerprint density at radius 1 is 0.583 bits per heavy atom. The van der Waals surface area contributed by atoms with E-state index in [1.54, 1.807) is 0 Å². The molecule has 0 aromatic carbocycles. The first kappa shape index (κ1) is 18.6. The maximum atomic E-state index is 4.57. The van der Waals surface area contributed by atoms with Gasteiger partial charge in [-0.15, -0.1) is 0 Å². The SMILES string of the molecule is CCCCCCc1nc(CCc2n[nH]c(CCCCCC)n2)n[nH]1. The molecule has 6 nitrogen and oxygen atoms in total. The second-order valence-electron chi connectivity index (χ2n) is 6.52. The van der Waals surface area contributed by atoms with Crippen LogP contribution in [0.25, 0.3) is 0 Å². The monoisotopic (exact) mass is 332 g/mol. The lowest BCUT2D eigenvalue weighted by atomic mass is 10.1. The highest BCUT2D eigenvalue weighted by Gasteiger charge is 2.07. The topological polar surface area (TPSA) is 83.1 Å². The van der Waals surface area contributed by atoms with Gasteiger partial charge >= 0.3 is 0 Å². The van der Waals surface area contributed by atoms with E-state index in [1.165, 1.54) is 51.4 Å². The third-order valence-corrected chi connectivity index (χ3v) is 4.26.